The van der Waals surface area contributed by atoms with E-state index in [0.717, 1.165) is 43.6 Å². The van der Waals surface area contributed by atoms with Crippen molar-refractivity contribution in [3.8, 4) is 0 Å². The molecule has 0 radical (unpaired) electrons. The van der Waals surface area contributed by atoms with Crippen LogP contribution in [0.15, 0.2) is 24.5 Å². The van der Waals surface area contributed by atoms with Gasteiger partial charge in [0, 0.05) is 25.0 Å². The summed E-state index contributed by atoms with van der Waals surface area (Å²) < 4.78 is 1.99. The predicted octanol–water partition coefficient (Wildman–Crippen LogP) is 1.10. The molecule has 1 saturated carbocycles. The molecule has 0 spiro atoms. The van der Waals surface area contributed by atoms with Crippen molar-refractivity contribution in [2.75, 3.05) is 6.61 Å². The number of aromatic nitrogens is 5. The number of pyridine rings is 1. The average Bonchev–Trinajstić information content (AvgIpc) is 3.15. The van der Waals surface area contributed by atoms with Gasteiger partial charge in [-0.1, -0.05) is 6.07 Å². The van der Waals surface area contributed by atoms with Gasteiger partial charge >= 0.3 is 0 Å². The number of nitrogens with zero attached hydrogens (tertiary/aromatic N) is 6. The SMILES string of the molecule is OC[C@@H]1CC[C@@H](c2nnnn2C2CC2)N1Cc1cccnc1. The second-order valence-electron chi connectivity index (χ2n) is 6.18. The summed E-state index contributed by atoms with van der Waals surface area (Å²) in [6.45, 7) is 0.934. The topological polar surface area (TPSA) is 80.0 Å². The highest BCUT2D eigenvalue weighted by molar-refractivity contribution is 5.11. The minimum atomic E-state index is 0.162. The first kappa shape index (κ1) is 13.8. The summed E-state index contributed by atoms with van der Waals surface area (Å²) in [7, 11) is 0. The average molecular weight is 300 g/mol. The number of tetrazole rings is 1. The van der Waals surface area contributed by atoms with Gasteiger partial charge in [0.05, 0.1) is 18.7 Å². The zero-order valence-corrected chi connectivity index (χ0v) is 12.4. The maximum absolute atomic E-state index is 9.70. The summed E-state index contributed by atoms with van der Waals surface area (Å²) >= 11 is 0. The highest BCUT2D eigenvalue weighted by atomic mass is 16.3. The Labute approximate surface area is 129 Å². The first-order chi connectivity index (χ1) is 10.9. The van der Waals surface area contributed by atoms with Crippen LogP contribution in [-0.2, 0) is 6.54 Å². The second kappa shape index (κ2) is 5.73. The molecule has 7 heteroatoms. The maximum atomic E-state index is 9.70. The highest BCUT2D eigenvalue weighted by Gasteiger charge is 2.39. The second-order valence-corrected chi connectivity index (χ2v) is 6.18. The monoisotopic (exact) mass is 300 g/mol. The first-order valence-electron chi connectivity index (χ1n) is 7.90. The number of hydrogen-bond acceptors (Lipinski definition) is 6. The Kier molecular flexibility index (Phi) is 3.59. The molecule has 3 heterocycles. The lowest BCUT2D eigenvalue weighted by Gasteiger charge is -2.28. The number of rotatable bonds is 5. The summed E-state index contributed by atoms with van der Waals surface area (Å²) in [4.78, 5) is 6.51. The Balaban J connectivity index is 1.61. The van der Waals surface area contributed by atoms with Crippen LogP contribution < -0.4 is 0 Å². The molecule has 4 rings (SSSR count). The standard InChI is InChI=1S/C15H20N6O/c22-10-13-5-6-14(15-17-18-19-21(15)12-3-4-12)20(13)9-11-2-1-7-16-8-11/h1-2,7-8,12-14,22H,3-6,9-10H2/t13-,14-/m0/s1. The smallest absolute Gasteiger partial charge is 0.168 e. The van der Waals surface area contributed by atoms with Crippen LogP contribution in [-0.4, -0.2) is 47.8 Å². The van der Waals surface area contributed by atoms with Gasteiger partial charge in [-0.3, -0.25) is 9.88 Å². The fourth-order valence-corrected chi connectivity index (χ4v) is 3.35. The molecule has 22 heavy (non-hydrogen) atoms. The van der Waals surface area contributed by atoms with Crippen LogP contribution in [0.3, 0.4) is 0 Å². The first-order valence-corrected chi connectivity index (χ1v) is 7.90. The number of likely N-dealkylation sites (tertiary alicyclic amines) is 1. The van der Waals surface area contributed by atoms with Crippen LogP contribution in [0.4, 0.5) is 0 Å². The summed E-state index contributed by atoms with van der Waals surface area (Å²) in [5, 5.41) is 22.0. The predicted molar refractivity (Wildman–Crippen MR) is 78.7 cm³/mol. The van der Waals surface area contributed by atoms with Gasteiger partial charge in [-0.15, -0.1) is 5.10 Å². The van der Waals surface area contributed by atoms with Gasteiger partial charge < -0.3 is 5.11 Å². The van der Waals surface area contributed by atoms with Crippen LogP contribution in [0.2, 0.25) is 0 Å². The van der Waals surface area contributed by atoms with Gasteiger partial charge in [-0.25, -0.2) is 4.68 Å². The minimum absolute atomic E-state index is 0.162. The van der Waals surface area contributed by atoms with Crippen molar-refractivity contribution >= 4 is 0 Å². The van der Waals surface area contributed by atoms with Crippen LogP contribution >= 0.6 is 0 Å². The largest absolute Gasteiger partial charge is 0.395 e. The number of aliphatic hydroxyl groups excluding tert-OH is 1. The summed E-state index contributed by atoms with van der Waals surface area (Å²) in [6, 6.07) is 4.82. The molecule has 1 aliphatic carbocycles. The van der Waals surface area contributed by atoms with Crippen LogP contribution in [0, 0.1) is 0 Å². The zero-order valence-electron chi connectivity index (χ0n) is 12.4. The van der Waals surface area contributed by atoms with Gasteiger partial charge in [-0.2, -0.15) is 0 Å². The normalized spacial score (nSPS) is 25.7. The van der Waals surface area contributed by atoms with Gasteiger partial charge in [0.15, 0.2) is 5.82 Å². The Morgan fingerprint density at radius 1 is 1.23 bits per heavy atom. The van der Waals surface area contributed by atoms with Crippen molar-refractivity contribution in [1.82, 2.24) is 30.1 Å². The summed E-state index contributed by atoms with van der Waals surface area (Å²) in [6.07, 6.45) is 7.95. The molecule has 1 aliphatic heterocycles. The van der Waals surface area contributed by atoms with Crippen LogP contribution in [0.25, 0.3) is 0 Å². The molecule has 0 amide bonds. The van der Waals surface area contributed by atoms with E-state index in [-0.39, 0.29) is 18.7 Å². The Morgan fingerprint density at radius 2 is 2.14 bits per heavy atom. The molecular weight excluding hydrogens is 280 g/mol. The molecule has 2 fully saturated rings. The van der Waals surface area contributed by atoms with E-state index in [1.165, 1.54) is 0 Å². The van der Waals surface area contributed by atoms with E-state index in [2.05, 4.69) is 31.5 Å². The quantitative estimate of drug-likeness (QED) is 0.890. The lowest BCUT2D eigenvalue weighted by molar-refractivity contribution is 0.117. The molecule has 2 aliphatic rings. The Morgan fingerprint density at radius 3 is 2.86 bits per heavy atom. The lowest BCUT2D eigenvalue weighted by atomic mass is 10.2. The van der Waals surface area contributed by atoms with E-state index in [1.54, 1.807) is 6.20 Å². The zero-order chi connectivity index (χ0) is 14.9. The van der Waals surface area contributed by atoms with Gasteiger partial charge in [0.2, 0.25) is 0 Å². The Bertz CT molecular complexity index is 626. The van der Waals surface area contributed by atoms with Crippen molar-refractivity contribution in [3.05, 3.63) is 35.9 Å². The van der Waals surface area contributed by atoms with Crippen LogP contribution in [0.1, 0.15) is 49.2 Å². The molecule has 0 aromatic carbocycles. The van der Waals surface area contributed by atoms with Gasteiger partial charge in [0.25, 0.3) is 0 Å². The lowest BCUT2D eigenvalue weighted by Crippen LogP contribution is -2.34. The van der Waals surface area contributed by atoms with E-state index >= 15 is 0 Å². The van der Waals surface area contributed by atoms with Crippen LogP contribution in [0.5, 0.6) is 0 Å². The van der Waals surface area contributed by atoms with Crippen molar-refractivity contribution in [3.63, 3.8) is 0 Å². The number of hydrogen-bond donors (Lipinski definition) is 1. The van der Waals surface area contributed by atoms with E-state index in [0.29, 0.717) is 6.04 Å². The third-order valence-electron chi connectivity index (χ3n) is 4.65. The molecule has 1 N–H and O–H groups in total. The minimum Gasteiger partial charge on any atom is -0.395 e. The third kappa shape index (κ3) is 2.50. The van der Waals surface area contributed by atoms with E-state index in [1.807, 2.05) is 16.9 Å². The van der Waals surface area contributed by atoms with Crippen molar-refractivity contribution in [1.29, 1.82) is 0 Å². The van der Waals surface area contributed by atoms with Crippen molar-refractivity contribution in [2.24, 2.45) is 0 Å². The molecule has 0 unspecified atom stereocenters. The van der Waals surface area contributed by atoms with Crippen molar-refractivity contribution in [2.45, 2.75) is 50.4 Å². The van der Waals surface area contributed by atoms with E-state index < -0.39 is 0 Å². The fraction of sp³-hybridized carbons (Fsp3) is 0.600. The number of aliphatic hydroxyl groups is 1. The summed E-state index contributed by atoms with van der Waals surface area (Å²) in [5.74, 6) is 0.947. The molecule has 116 valence electrons. The fourth-order valence-electron chi connectivity index (χ4n) is 3.35. The summed E-state index contributed by atoms with van der Waals surface area (Å²) in [5.41, 5.74) is 1.15. The molecule has 1 saturated heterocycles. The Hall–Kier alpha value is -1.86. The molecule has 0 bridgehead atoms. The highest BCUT2D eigenvalue weighted by Crippen LogP contribution is 2.40. The van der Waals surface area contributed by atoms with E-state index in [4.69, 9.17) is 0 Å². The van der Waals surface area contributed by atoms with Gasteiger partial charge in [-0.05, 0) is 47.7 Å². The van der Waals surface area contributed by atoms with Gasteiger partial charge in [0.1, 0.15) is 0 Å². The third-order valence-corrected chi connectivity index (χ3v) is 4.65. The molecule has 2 aromatic heterocycles. The maximum Gasteiger partial charge on any atom is 0.168 e. The molecule has 7 nitrogen and oxygen atoms in total. The molecule has 2 atom stereocenters. The van der Waals surface area contributed by atoms with Crippen molar-refractivity contribution < 1.29 is 5.11 Å². The molecular formula is C15H20N6O. The van der Waals surface area contributed by atoms with E-state index in [9.17, 15) is 5.11 Å². The molecule has 2 aromatic rings.